The van der Waals surface area contributed by atoms with Gasteiger partial charge in [0, 0.05) is 11.4 Å². The van der Waals surface area contributed by atoms with E-state index in [-0.39, 0.29) is 30.7 Å². The number of aryl methyl sites for hydroxylation is 1. The van der Waals surface area contributed by atoms with Crippen molar-refractivity contribution in [3.63, 3.8) is 0 Å². The van der Waals surface area contributed by atoms with Gasteiger partial charge in [0.1, 0.15) is 11.6 Å². The lowest BCUT2D eigenvalue weighted by atomic mass is 10.2. The lowest BCUT2D eigenvalue weighted by Crippen LogP contribution is -2.36. The molecule has 2 N–H and O–H groups in total. The van der Waals surface area contributed by atoms with Gasteiger partial charge in [0.2, 0.25) is 5.91 Å². The molecule has 0 saturated carbocycles. The number of carbonyl (C=O) groups is 2. The van der Waals surface area contributed by atoms with Crippen LogP contribution in [0.1, 0.15) is 27.5 Å². The van der Waals surface area contributed by atoms with Crippen LogP contribution < -0.4 is 10.6 Å². The van der Waals surface area contributed by atoms with Crippen LogP contribution >= 0.6 is 0 Å². The molecule has 7 heteroatoms. The smallest absolute Gasteiger partial charge is 0.253 e. The first-order valence-electron chi connectivity index (χ1n) is 8.48. The summed E-state index contributed by atoms with van der Waals surface area (Å²) in [5.74, 6) is -0.465. The first-order valence-corrected chi connectivity index (χ1v) is 8.48. The summed E-state index contributed by atoms with van der Waals surface area (Å²) in [6.07, 6.45) is 1.52. The monoisotopic (exact) mass is 369 g/mol. The normalized spacial score (nSPS) is 10.6. The van der Waals surface area contributed by atoms with Crippen LogP contribution in [0.4, 0.5) is 4.39 Å². The molecule has 0 fully saturated rings. The maximum Gasteiger partial charge on any atom is 0.253 e. The highest BCUT2D eigenvalue weighted by molar-refractivity contribution is 5.97. The Hall–Kier alpha value is -3.35. The zero-order valence-corrected chi connectivity index (χ0v) is 15.1. The quantitative estimate of drug-likeness (QED) is 0.701. The number of nitrogens with zero attached hydrogens (tertiary/aromatic N) is 1. The number of aromatic nitrogens is 1. The molecular weight excluding hydrogens is 349 g/mol. The molecule has 3 rings (SSSR count). The molecule has 0 unspecified atom stereocenters. The number of para-hydroxylation sites is 1. The summed E-state index contributed by atoms with van der Waals surface area (Å²) in [6, 6.07) is 11.5. The van der Waals surface area contributed by atoms with Crippen LogP contribution in [0.15, 0.2) is 53.1 Å². The minimum atomic E-state index is -0.390. The number of halogens is 1. The van der Waals surface area contributed by atoms with E-state index in [0.29, 0.717) is 22.7 Å². The van der Waals surface area contributed by atoms with Crippen LogP contribution in [0, 0.1) is 19.7 Å². The third kappa shape index (κ3) is 4.08. The lowest BCUT2D eigenvalue weighted by Gasteiger charge is -2.11. The Morgan fingerprint density at radius 1 is 1.11 bits per heavy atom. The fraction of sp³-hybridized carbons (Fsp3) is 0.200. The number of hydrogen-bond acceptors (Lipinski definition) is 3. The predicted molar refractivity (Wildman–Crippen MR) is 98.1 cm³/mol. The van der Waals surface area contributed by atoms with Crippen molar-refractivity contribution in [3.05, 3.63) is 77.3 Å². The van der Waals surface area contributed by atoms with Gasteiger partial charge >= 0.3 is 0 Å². The first kappa shape index (κ1) is 18.4. The van der Waals surface area contributed by atoms with Gasteiger partial charge in [-0.15, -0.1) is 0 Å². The molecule has 0 bridgehead atoms. The van der Waals surface area contributed by atoms with Crippen molar-refractivity contribution in [1.82, 2.24) is 15.2 Å². The third-order valence-corrected chi connectivity index (χ3v) is 4.22. The lowest BCUT2D eigenvalue weighted by molar-refractivity contribution is -0.120. The largest absolute Gasteiger partial charge is 0.467 e. The Bertz CT molecular complexity index is 961. The third-order valence-electron chi connectivity index (χ3n) is 4.22. The highest BCUT2D eigenvalue weighted by atomic mass is 19.1. The SMILES string of the molecule is Cc1cc(C(=O)NCC(=O)NCc2ccco2)c(C)n1-c1ccccc1F. The molecule has 3 aromatic rings. The number of hydrogen-bond donors (Lipinski definition) is 2. The van der Waals surface area contributed by atoms with Crippen molar-refractivity contribution < 1.29 is 18.4 Å². The van der Waals surface area contributed by atoms with Crippen molar-refractivity contribution in [2.75, 3.05) is 6.54 Å². The second-order valence-corrected chi connectivity index (χ2v) is 6.11. The standard InChI is InChI=1S/C20H20FN3O3/c1-13-10-16(14(2)24(13)18-8-4-3-7-17(18)21)20(26)23-12-19(25)22-11-15-6-5-9-27-15/h3-10H,11-12H2,1-2H3,(H,22,25)(H,23,26). The molecular formula is C20H20FN3O3. The van der Waals surface area contributed by atoms with Gasteiger partial charge in [-0.05, 0) is 44.2 Å². The Balaban J connectivity index is 1.66. The summed E-state index contributed by atoms with van der Waals surface area (Å²) in [5, 5.41) is 5.24. The maximum atomic E-state index is 14.1. The maximum absolute atomic E-state index is 14.1. The zero-order chi connectivity index (χ0) is 19.4. The number of benzene rings is 1. The predicted octanol–water partition coefficient (Wildman–Crippen LogP) is 2.87. The number of amides is 2. The van der Waals surface area contributed by atoms with E-state index >= 15 is 0 Å². The number of carbonyl (C=O) groups excluding carboxylic acids is 2. The van der Waals surface area contributed by atoms with E-state index in [9.17, 15) is 14.0 Å². The Morgan fingerprint density at radius 2 is 1.89 bits per heavy atom. The van der Waals surface area contributed by atoms with E-state index in [1.807, 2.05) is 0 Å². The molecule has 2 heterocycles. The van der Waals surface area contributed by atoms with E-state index in [1.165, 1.54) is 12.3 Å². The van der Waals surface area contributed by atoms with Gasteiger partial charge in [-0.3, -0.25) is 9.59 Å². The van der Waals surface area contributed by atoms with Crippen LogP contribution in [0.5, 0.6) is 0 Å². The summed E-state index contributed by atoms with van der Waals surface area (Å²) >= 11 is 0. The van der Waals surface area contributed by atoms with Crippen molar-refractivity contribution in [2.24, 2.45) is 0 Å². The van der Waals surface area contributed by atoms with Crippen LogP contribution in [-0.2, 0) is 11.3 Å². The van der Waals surface area contributed by atoms with Crippen LogP contribution in [-0.4, -0.2) is 22.9 Å². The van der Waals surface area contributed by atoms with E-state index in [4.69, 9.17) is 4.42 Å². The van der Waals surface area contributed by atoms with Gasteiger partial charge in [-0.25, -0.2) is 4.39 Å². The molecule has 1 aromatic carbocycles. The number of nitrogens with one attached hydrogen (secondary N) is 2. The van der Waals surface area contributed by atoms with Crippen LogP contribution in [0.3, 0.4) is 0 Å². The van der Waals surface area contributed by atoms with Gasteiger partial charge in [0.15, 0.2) is 0 Å². The molecule has 0 saturated heterocycles. The molecule has 0 aliphatic carbocycles. The van der Waals surface area contributed by atoms with Gasteiger partial charge in [-0.1, -0.05) is 12.1 Å². The molecule has 27 heavy (non-hydrogen) atoms. The minimum absolute atomic E-state index is 0.164. The summed E-state index contributed by atoms with van der Waals surface area (Å²) < 4.78 is 20.9. The van der Waals surface area contributed by atoms with Crippen molar-refractivity contribution in [3.8, 4) is 5.69 Å². The topological polar surface area (TPSA) is 76.3 Å². The molecule has 0 aliphatic rings. The molecule has 2 aromatic heterocycles. The van der Waals surface area contributed by atoms with Gasteiger partial charge < -0.3 is 19.6 Å². The number of rotatable bonds is 6. The van der Waals surface area contributed by atoms with E-state index < -0.39 is 0 Å². The van der Waals surface area contributed by atoms with Gasteiger partial charge in [0.25, 0.3) is 5.91 Å². The van der Waals surface area contributed by atoms with Crippen LogP contribution in [0.2, 0.25) is 0 Å². The fourth-order valence-corrected chi connectivity index (χ4v) is 2.91. The molecule has 0 spiro atoms. The Kier molecular flexibility index (Phi) is 5.40. The summed E-state index contributed by atoms with van der Waals surface area (Å²) in [7, 11) is 0. The molecule has 0 radical (unpaired) electrons. The summed E-state index contributed by atoms with van der Waals surface area (Å²) in [5.41, 5.74) is 2.11. The van der Waals surface area contributed by atoms with Gasteiger partial charge in [-0.2, -0.15) is 0 Å². The summed E-state index contributed by atoms with van der Waals surface area (Å²) in [4.78, 5) is 24.3. The van der Waals surface area contributed by atoms with Crippen molar-refractivity contribution in [1.29, 1.82) is 0 Å². The van der Waals surface area contributed by atoms with Crippen molar-refractivity contribution in [2.45, 2.75) is 20.4 Å². The van der Waals surface area contributed by atoms with Crippen LogP contribution in [0.25, 0.3) is 5.69 Å². The highest BCUT2D eigenvalue weighted by Crippen LogP contribution is 2.22. The Morgan fingerprint density at radius 3 is 2.59 bits per heavy atom. The van der Waals surface area contributed by atoms with E-state index in [2.05, 4.69) is 10.6 Å². The molecule has 6 nitrogen and oxygen atoms in total. The molecule has 2 amide bonds. The average molecular weight is 369 g/mol. The molecule has 0 atom stereocenters. The summed E-state index contributed by atoms with van der Waals surface area (Å²) in [6.45, 7) is 3.63. The van der Waals surface area contributed by atoms with Gasteiger partial charge in [0.05, 0.1) is 30.6 Å². The van der Waals surface area contributed by atoms with E-state index in [1.54, 1.807) is 54.8 Å². The molecule has 0 aliphatic heterocycles. The first-order chi connectivity index (χ1) is 13.0. The second-order valence-electron chi connectivity index (χ2n) is 6.11. The molecule has 140 valence electrons. The van der Waals surface area contributed by atoms with E-state index in [0.717, 1.165) is 5.69 Å². The Labute approximate surface area is 156 Å². The minimum Gasteiger partial charge on any atom is -0.467 e. The number of furan rings is 1. The zero-order valence-electron chi connectivity index (χ0n) is 15.1. The second kappa shape index (κ2) is 7.90. The van der Waals surface area contributed by atoms with Crippen molar-refractivity contribution >= 4 is 11.8 Å². The fourth-order valence-electron chi connectivity index (χ4n) is 2.91. The average Bonchev–Trinajstić information content (AvgIpc) is 3.27. The highest BCUT2D eigenvalue weighted by Gasteiger charge is 2.18.